The Morgan fingerprint density at radius 3 is 2.34 bits per heavy atom. The zero-order chi connectivity index (χ0) is 20.2. The average molecular weight is 403 g/mol. The summed E-state index contributed by atoms with van der Waals surface area (Å²) in [7, 11) is 0. The van der Waals surface area contributed by atoms with Gasteiger partial charge in [0.2, 0.25) is 4.96 Å². The SMILES string of the molecule is CCN(CC)c1ccc(C=c2sc3nc(C=Cc4ccccc4)nn3c2=O)cc1. The molecule has 0 bridgehead atoms. The summed E-state index contributed by atoms with van der Waals surface area (Å²) in [4.78, 5) is 20.1. The quantitative estimate of drug-likeness (QED) is 0.493. The lowest BCUT2D eigenvalue weighted by Gasteiger charge is -2.20. The number of aromatic nitrogens is 3. The van der Waals surface area contributed by atoms with Crippen molar-refractivity contribution in [3.05, 3.63) is 86.4 Å². The maximum atomic E-state index is 12.7. The zero-order valence-electron chi connectivity index (χ0n) is 16.4. The highest BCUT2D eigenvalue weighted by molar-refractivity contribution is 7.15. The normalized spacial score (nSPS) is 12.3. The van der Waals surface area contributed by atoms with Gasteiger partial charge in [-0.05, 0) is 49.3 Å². The van der Waals surface area contributed by atoms with Gasteiger partial charge in [-0.15, -0.1) is 5.10 Å². The highest BCUT2D eigenvalue weighted by Gasteiger charge is 2.09. The summed E-state index contributed by atoms with van der Waals surface area (Å²) in [6.45, 7) is 6.23. The van der Waals surface area contributed by atoms with E-state index in [1.807, 2.05) is 60.7 Å². The van der Waals surface area contributed by atoms with Crippen molar-refractivity contribution < 1.29 is 0 Å². The highest BCUT2D eigenvalue weighted by atomic mass is 32.1. The molecule has 4 aromatic rings. The third kappa shape index (κ3) is 4.12. The van der Waals surface area contributed by atoms with Crippen molar-refractivity contribution in [3.8, 4) is 0 Å². The Kier molecular flexibility index (Phi) is 5.53. The average Bonchev–Trinajstić information content (AvgIpc) is 3.28. The van der Waals surface area contributed by atoms with Gasteiger partial charge < -0.3 is 4.90 Å². The van der Waals surface area contributed by atoms with Gasteiger partial charge in [-0.2, -0.15) is 9.50 Å². The number of anilines is 1. The van der Waals surface area contributed by atoms with Crippen molar-refractivity contribution in [2.24, 2.45) is 0 Å². The van der Waals surface area contributed by atoms with Crippen LogP contribution >= 0.6 is 11.3 Å². The summed E-state index contributed by atoms with van der Waals surface area (Å²) < 4.78 is 2.01. The molecule has 0 unspecified atom stereocenters. The molecular formula is C23H22N4OS. The second-order valence-electron chi connectivity index (χ2n) is 6.59. The van der Waals surface area contributed by atoms with Crippen LogP contribution in [0.15, 0.2) is 59.4 Å². The molecule has 0 saturated heterocycles. The fourth-order valence-electron chi connectivity index (χ4n) is 3.18. The van der Waals surface area contributed by atoms with Crippen LogP contribution in [-0.4, -0.2) is 27.7 Å². The Bertz CT molecular complexity index is 1240. The highest BCUT2D eigenvalue weighted by Crippen LogP contribution is 2.15. The molecular weight excluding hydrogens is 380 g/mol. The number of hydrogen-bond donors (Lipinski definition) is 0. The Morgan fingerprint density at radius 2 is 1.69 bits per heavy atom. The molecule has 2 aromatic heterocycles. The van der Waals surface area contributed by atoms with E-state index in [0.29, 0.717) is 15.3 Å². The molecule has 0 amide bonds. The molecule has 0 saturated carbocycles. The third-order valence-electron chi connectivity index (χ3n) is 4.74. The Labute approximate surface area is 173 Å². The van der Waals surface area contributed by atoms with Crippen LogP contribution in [0.4, 0.5) is 5.69 Å². The molecule has 2 heterocycles. The van der Waals surface area contributed by atoms with Crippen LogP contribution in [0.2, 0.25) is 0 Å². The molecule has 5 nitrogen and oxygen atoms in total. The van der Waals surface area contributed by atoms with Crippen LogP contribution < -0.4 is 15.0 Å². The number of hydrogen-bond acceptors (Lipinski definition) is 5. The second-order valence-corrected chi connectivity index (χ2v) is 7.60. The lowest BCUT2D eigenvalue weighted by Crippen LogP contribution is -2.23. The van der Waals surface area contributed by atoms with Gasteiger partial charge in [0, 0.05) is 18.8 Å². The summed E-state index contributed by atoms with van der Waals surface area (Å²) in [5, 5.41) is 4.34. The first-order valence-corrected chi connectivity index (χ1v) is 10.5. The van der Waals surface area contributed by atoms with Gasteiger partial charge in [-0.1, -0.05) is 59.9 Å². The van der Waals surface area contributed by atoms with Crippen molar-refractivity contribution in [2.45, 2.75) is 13.8 Å². The van der Waals surface area contributed by atoms with Crippen molar-refractivity contribution in [2.75, 3.05) is 18.0 Å². The van der Waals surface area contributed by atoms with E-state index in [1.165, 1.54) is 21.5 Å². The Hall–Kier alpha value is -3.25. The van der Waals surface area contributed by atoms with Crippen LogP contribution in [0.25, 0.3) is 23.2 Å². The molecule has 0 spiro atoms. The predicted octanol–water partition coefficient (Wildman–Crippen LogP) is 3.72. The van der Waals surface area contributed by atoms with Crippen molar-refractivity contribution >= 4 is 40.2 Å². The van der Waals surface area contributed by atoms with Crippen molar-refractivity contribution in [3.63, 3.8) is 0 Å². The van der Waals surface area contributed by atoms with Crippen molar-refractivity contribution in [1.29, 1.82) is 0 Å². The minimum atomic E-state index is -0.135. The van der Waals surface area contributed by atoms with E-state index in [9.17, 15) is 4.79 Å². The van der Waals surface area contributed by atoms with Crippen molar-refractivity contribution in [1.82, 2.24) is 14.6 Å². The smallest absolute Gasteiger partial charge is 0.291 e. The minimum Gasteiger partial charge on any atom is -0.372 e. The van der Waals surface area contributed by atoms with Gasteiger partial charge in [0.05, 0.1) is 4.53 Å². The lowest BCUT2D eigenvalue weighted by atomic mass is 10.2. The topological polar surface area (TPSA) is 50.5 Å². The van der Waals surface area contributed by atoms with Crippen LogP contribution in [0.1, 0.15) is 30.8 Å². The largest absolute Gasteiger partial charge is 0.372 e. The second kappa shape index (κ2) is 8.41. The first-order valence-electron chi connectivity index (χ1n) is 9.67. The van der Waals surface area contributed by atoms with Crippen LogP contribution in [0.5, 0.6) is 0 Å². The maximum absolute atomic E-state index is 12.7. The summed E-state index contributed by atoms with van der Waals surface area (Å²) in [6.07, 6.45) is 5.66. The van der Waals surface area contributed by atoms with E-state index in [1.54, 1.807) is 0 Å². The first-order chi connectivity index (χ1) is 14.2. The maximum Gasteiger partial charge on any atom is 0.291 e. The third-order valence-corrected chi connectivity index (χ3v) is 5.70. The predicted molar refractivity (Wildman–Crippen MR) is 121 cm³/mol. The van der Waals surface area contributed by atoms with Gasteiger partial charge in [0.25, 0.3) is 5.56 Å². The molecule has 0 aliphatic rings. The molecule has 0 radical (unpaired) electrons. The lowest BCUT2D eigenvalue weighted by molar-refractivity contribution is 0.866. The number of nitrogens with zero attached hydrogens (tertiary/aromatic N) is 4. The van der Waals surface area contributed by atoms with Gasteiger partial charge in [0.15, 0.2) is 5.82 Å². The summed E-state index contributed by atoms with van der Waals surface area (Å²) in [5.74, 6) is 0.535. The molecule has 146 valence electrons. The van der Waals surface area contributed by atoms with E-state index < -0.39 is 0 Å². The van der Waals surface area contributed by atoms with Gasteiger partial charge in [-0.25, -0.2) is 0 Å². The van der Waals surface area contributed by atoms with E-state index in [4.69, 9.17) is 0 Å². The first kappa shape index (κ1) is 19.1. The van der Waals surface area contributed by atoms with E-state index in [2.05, 4.69) is 41.0 Å². The molecule has 2 aromatic carbocycles. The fraction of sp³-hybridized carbons (Fsp3) is 0.174. The van der Waals surface area contributed by atoms with Gasteiger partial charge in [-0.3, -0.25) is 4.79 Å². The molecule has 0 aliphatic carbocycles. The summed E-state index contributed by atoms with van der Waals surface area (Å²) in [6, 6.07) is 18.2. The van der Waals surface area contributed by atoms with E-state index in [0.717, 1.165) is 24.2 Å². The fourth-order valence-corrected chi connectivity index (χ4v) is 4.09. The molecule has 0 N–H and O–H groups in total. The minimum absolute atomic E-state index is 0.135. The number of benzene rings is 2. The number of thiazole rings is 1. The van der Waals surface area contributed by atoms with Crippen LogP contribution in [0.3, 0.4) is 0 Å². The molecule has 0 fully saturated rings. The molecule has 29 heavy (non-hydrogen) atoms. The monoisotopic (exact) mass is 402 g/mol. The standard InChI is InChI=1S/C23H22N4OS/c1-3-26(4-2)19-13-10-18(11-14-19)16-20-22(28)27-23(29-20)24-21(25-27)15-12-17-8-6-5-7-9-17/h5-16H,3-4H2,1-2H3. The Balaban J connectivity index is 1.60. The van der Waals surface area contributed by atoms with Gasteiger partial charge >= 0.3 is 0 Å². The van der Waals surface area contributed by atoms with E-state index in [-0.39, 0.29) is 5.56 Å². The molecule has 0 atom stereocenters. The van der Waals surface area contributed by atoms with Crippen LogP contribution in [0, 0.1) is 0 Å². The number of fused-ring (bicyclic) bond motifs is 1. The molecule has 0 aliphatic heterocycles. The molecule has 6 heteroatoms. The molecule has 4 rings (SSSR count). The van der Waals surface area contributed by atoms with E-state index >= 15 is 0 Å². The number of rotatable bonds is 6. The Morgan fingerprint density at radius 1 is 0.966 bits per heavy atom. The summed E-state index contributed by atoms with van der Waals surface area (Å²) in [5.41, 5.74) is 3.11. The van der Waals surface area contributed by atoms with Crippen LogP contribution in [-0.2, 0) is 0 Å². The zero-order valence-corrected chi connectivity index (χ0v) is 17.3. The summed E-state index contributed by atoms with van der Waals surface area (Å²) >= 11 is 1.36. The van der Waals surface area contributed by atoms with Gasteiger partial charge in [0.1, 0.15) is 0 Å².